The number of benzene rings is 2. The summed E-state index contributed by atoms with van der Waals surface area (Å²) in [5, 5.41) is 5.63. The number of para-hydroxylation sites is 1. The summed E-state index contributed by atoms with van der Waals surface area (Å²) in [7, 11) is 2.98. The predicted octanol–water partition coefficient (Wildman–Crippen LogP) is 3.52. The molecular formula is C16H17ClN2O4. The van der Waals surface area contributed by atoms with Crippen LogP contribution in [-0.2, 0) is 0 Å². The highest BCUT2D eigenvalue weighted by molar-refractivity contribution is 6.32. The number of nitrogens with one attached hydrogen (secondary N) is 2. The Balaban J connectivity index is 1.94. The molecule has 0 aliphatic rings. The molecule has 0 spiro atoms. The fourth-order valence-corrected chi connectivity index (χ4v) is 2.06. The third-order valence-electron chi connectivity index (χ3n) is 2.94. The Bertz CT molecular complexity index is 665. The van der Waals surface area contributed by atoms with Gasteiger partial charge in [0, 0.05) is 12.1 Å². The lowest BCUT2D eigenvalue weighted by molar-refractivity contribution is 0.234. The largest absolute Gasteiger partial charge is 0.495 e. The molecular weight excluding hydrogens is 320 g/mol. The molecule has 0 atom stereocenters. The molecule has 0 heterocycles. The maximum atomic E-state index is 11.9. The third-order valence-corrected chi connectivity index (χ3v) is 3.23. The van der Waals surface area contributed by atoms with Gasteiger partial charge in [0.1, 0.15) is 17.2 Å². The van der Waals surface area contributed by atoms with Crippen LogP contribution in [-0.4, -0.2) is 27.0 Å². The van der Waals surface area contributed by atoms with Crippen molar-refractivity contribution in [2.75, 3.05) is 26.3 Å². The second-order valence-electron chi connectivity index (χ2n) is 4.42. The van der Waals surface area contributed by atoms with Crippen LogP contribution < -0.4 is 24.8 Å². The molecule has 2 aromatic carbocycles. The van der Waals surface area contributed by atoms with E-state index in [1.807, 2.05) is 18.2 Å². The molecule has 23 heavy (non-hydrogen) atoms. The van der Waals surface area contributed by atoms with Gasteiger partial charge in [-0.05, 0) is 12.1 Å². The van der Waals surface area contributed by atoms with Crippen molar-refractivity contribution in [1.29, 1.82) is 0 Å². The summed E-state index contributed by atoms with van der Waals surface area (Å²) in [5.74, 6) is 1.52. The summed E-state index contributed by atoms with van der Waals surface area (Å²) in [4.78, 5) is 11.9. The van der Waals surface area contributed by atoms with Crippen molar-refractivity contribution < 1.29 is 19.0 Å². The second kappa shape index (κ2) is 8.14. The molecule has 2 rings (SSSR count). The van der Waals surface area contributed by atoms with Crippen LogP contribution in [0.4, 0.5) is 10.5 Å². The quantitative estimate of drug-likeness (QED) is 0.792. The molecule has 122 valence electrons. The zero-order valence-corrected chi connectivity index (χ0v) is 13.5. The number of halogens is 1. The van der Waals surface area contributed by atoms with Gasteiger partial charge in [0.25, 0.3) is 0 Å². The van der Waals surface area contributed by atoms with Crippen LogP contribution in [0.25, 0.3) is 0 Å². The predicted molar refractivity (Wildman–Crippen MR) is 88.6 cm³/mol. The Hall–Kier alpha value is -2.60. The SMILES string of the molecule is COc1cc(NC(=O)NCOc2ccccc2)c(OC)cc1Cl. The number of urea groups is 1. The minimum atomic E-state index is -0.441. The maximum Gasteiger partial charge on any atom is 0.321 e. The van der Waals surface area contributed by atoms with Gasteiger partial charge in [-0.3, -0.25) is 0 Å². The lowest BCUT2D eigenvalue weighted by Crippen LogP contribution is -2.32. The van der Waals surface area contributed by atoms with E-state index in [1.54, 1.807) is 24.3 Å². The van der Waals surface area contributed by atoms with Gasteiger partial charge in [0.15, 0.2) is 6.73 Å². The molecule has 0 aliphatic heterocycles. The molecule has 2 N–H and O–H groups in total. The number of hydrogen-bond acceptors (Lipinski definition) is 4. The Kier molecular flexibility index (Phi) is 5.94. The summed E-state index contributed by atoms with van der Waals surface area (Å²) in [6.07, 6.45) is 0. The molecule has 0 radical (unpaired) electrons. The van der Waals surface area contributed by atoms with Crippen LogP contribution in [0.1, 0.15) is 0 Å². The number of anilines is 1. The van der Waals surface area contributed by atoms with Gasteiger partial charge in [-0.15, -0.1) is 0 Å². The molecule has 0 saturated heterocycles. The smallest absolute Gasteiger partial charge is 0.321 e. The highest BCUT2D eigenvalue weighted by Gasteiger charge is 2.12. The summed E-state index contributed by atoms with van der Waals surface area (Å²) < 4.78 is 15.7. The van der Waals surface area contributed by atoms with Gasteiger partial charge >= 0.3 is 6.03 Å². The van der Waals surface area contributed by atoms with Crippen molar-refractivity contribution in [2.45, 2.75) is 0 Å². The zero-order chi connectivity index (χ0) is 16.7. The first-order chi connectivity index (χ1) is 11.1. The van der Waals surface area contributed by atoms with Crippen molar-refractivity contribution in [2.24, 2.45) is 0 Å². The summed E-state index contributed by atoms with van der Waals surface area (Å²) in [6, 6.07) is 11.9. The molecule has 0 unspecified atom stereocenters. The maximum absolute atomic E-state index is 11.9. The standard InChI is InChI=1S/C16H17ClN2O4/c1-21-14-9-13(15(22-2)8-12(14)17)19-16(20)18-10-23-11-6-4-3-5-7-11/h3-9H,10H2,1-2H3,(H2,18,19,20). The highest BCUT2D eigenvalue weighted by Crippen LogP contribution is 2.35. The van der Waals surface area contributed by atoms with Gasteiger partial charge in [-0.2, -0.15) is 0 Å². The minimum Gasteiger partial charge on any atom is -0.495 e. The Morgan fingerprint density at radius 3 is 2.43 bits per heavy atom. The lowest BCUT2D eigenvalue weighted by atomic mass is 10.2. The van der Waals surface area contributed by atoms with E-state index in [2.05, 4.69) is 10.6 Å². The van der Waals surface area contributed by atoms with Crippen molar-refractivity contribution >= 4 is 23.3 Å². The van der Waals surface area contributed by atoms with E-state index in [9.17, 15) is 4.79 Å². The molecule has 0 aliphatic carbocycles. The van der Waals surface area contributed by atoms with Gasteiger partial charge in [-0.1, -0.05) is 29.8 Å². The van der Waals surface area contributed by atoms with Crippen LogP contribution in [0.2, 0.25) is 5.02 Å². The Labute approximate surface area is 139 Å². The van der Waals surface area contributed by atoms with Crippen LogP contribution >= 0.6 is 11.6 Å². The summed E-state index contributed by atoms with van der Waals surface area (Å²) >= 11 is 6.01. The van der Waals surface area contributed by atoms with E-state index in [0.29, 0.717) is 28.0 Å². The van der Waals surface area contributed by atoms with E-state index in [1.165, 1.54) is 14.2 Å². The van der Waals surface area contributed by atoms with Crippen molar-refractivity contribution in [1.82, 2.24) is 5.32 Å². The minimum absolute atomic E-state index is 0.0306. The third kappa shape index (κ3) is 4.69. The van der Waals surface area contributed by atoms with E-state index in [4.69, 9.17) is 25.8 Å². The molecule has 6 nitrogen and oxygen atoms in total. The molecule has 2 amide bonds. The fraction of sp³-hybridized carbons (Fsp3) is 0.188. The second-order valence-corrected chi connectivity index (χ2v) is 4.83. The number of methoxy groups -OCH3 is 2. The first kappa shape index (κ1) is 16.8. The van der Waals surface area contributed by atoms with Gasteiger partial charge in [-0.25, -0.2) is 4.79 Å². The topological polar surface area (TPSA) is 68.8 Å². The average Bonchev–Trinajstić information content (AvgIpc) is 2.57. The first-order valence-electron chi connectivity index (χ1n) is 6.78. The van der Waals surface area contributed by atoms with Crippen molar-refractivity contribution in [3.63, 3.8) is 0 Å². The summed E-state index contributed by atoms with van der Waals surface area (Å²) in [5.41, 5.74) is 0.436. The molecule has 0 aromatic heterocycles. The number of amides is 2. The first-order valence-corrected chi connectivity index (χ1v) is 7.16. The van der Waals surface area contributed by atoms with Crippen LogP contribution in [0, 0.1) is 0 Å². The zero-order valence-electron chi connectivity index (χ0n) is 12.8. The summed E-state index contributed by atoms with van der Waals surface area (Å²) in [6.45, 7) is 0.0306. The van der Waals surface area contributed by atoms with Gasteiger partial charge < -0.3 is 24.8 Å². The lowest BCUT2D eigenvalue weighted by Gasteiger charge is -2.14. The molecule has 0 bridgehead atoms. The van der Waals surface area contributed by atoms with E-state index < -0.39 is 6.03 Å². The van der Waals surface area contributed by atoms with Crippen molar-refractivity contribution in [3.8, 4) is 17.2 Å². The van der Waals surface area contributed by atoms with E-state index >= 15 is 0 Å². The van der Waals surface area contributed by atoms with E-state index in [0.717, 1.165) is 0 Å². The molecule has 0 saturated carbocycles. The number of carbonyl (C=O) groups is 1. The number of rotatable bonds is 6. The highest BCUT2D eigenvalue weighted by atomic mass is 35.5. The van der Waals surface area contributed by atoms with Gasteiger partial charge in [0.05, 0.1) is 24.9 Å². The van der Waals surface area contributed by atoms with Crippen molar-refractivity contribution in [3.05, 3.63) is 47.5 Å². The molecule has 0 fully saturated rings. The fourth-order valence-electron chi connectivity index (χ4n) is 1.83. The number of hydrogen-bond donors (Lipinski definition) is 2. The van der Waals surface area contributed by atoms with Crippen LogP contribution in [0.5, 0.6) is 17.2 Å². The van der Waals surface area contributed by atoms with Gasteiger partial charge in [0.2, 0.25) is 0 Å². The van der Waals surface area contributed by atoms with Crippen LogP contribution in [0.3, 0.4) is 0 Å². The van der Waals surface area contributed by atoms with E-state index in [-0.39, 0.29) is 6.73 Å². The molecule has 7 heteroatoms. The van der Waals surface area contributed by atoms with Crippen LogP contribution in [0.15, 0.2) is 42.5 Å². The molecule has 2 aromatic rings. The average molecular weight is 337 g/mol. The Morgan fingerprint density at radius 1 is 1.09 bits per heavy atom. The number of carbonyl (C=O) groups excluding carboxylic acids is 1. The monoisotopic (exact) mass is 336 g/mol. The number of ether oxygens (including phenoxy) is 3. The normalized spacial score (nSPS) is 9.87. The Morgan fingerprint density at radius 2 is 1.78 bits per heavy atom.